The molecule has 5 heterocycles. The normalized spacial score (nSPS) is 21.7. The average molecular weight is 578 g/mol. The van der Waals surface area contributed by atoms with Crippen LogP contribution in [-0.2, 0) is 6.54 Å². The van der Waals surface area contributed by atoms with E-state index in [1.54, 1.807) is 6.07 Å². The summed E-state index contributed by atoms with van der Waals surface area (Å²) in [6.07, 6.45) is 3.12. The van der Waals surface area contributed by atoms with Gasteiger partial charge in [0.2, 0.25) is 0 Å². The van der Waals surface area contributed by atoms with Crippen LogP contribution in [0.25, 0.3) is 0 Å². The first kappa shape index (κ1) is 27.6. The number of carbonyl (C=O) groups excluding carboxylic acids is 2. The van der Waals surface area contributed by atoms with E-state index in [9.17, 15) is 9.59 Å². The van der Waals surface area contributed by atoms with Crippen LogP contribution in [0.4, 0.5) is 22.2 Å². The summed E-state index contributed by atoms with van der Waals surface area (Å²) in [5, 5.41) is 8.60. The maximum atomic E-state index is 12.5. The summed E-state index contributed by atoms with van der Waals surface area (Å²) in [7, 11) is 0. The zero-order chi connectivity index (χ0) is 27.5. The number of fused-ring (bicyclic) bond motifs is 1. The minimum absolute atomic E-state index is 0.00868. The molecule has 0 aromatic carbocycles. The lowest BCUT2D eigenvalue weighted by Gasteiger charge is -2.47. The fraction of sp³-hybridized carbons (Fsp3) is 0.560. The molecule has 210 valence electrons. The maximum absolute atomic E-state index is 12.5. The van der Waals surface area contributed by atoms with Gasteiger partial charge >= 0.3 is 6.03 Å². The third-order valence-corrected chi connectivity index (χ3v) is 8.14. The Labute approximate surface area is 237 Å². The van der Waals surface area contributed by atoms with Crippen LogP contribution in [0, 0.1) is 0 Å². The van der Waals surface area contributed by atoms with Crippen molar-refractivity contribution < 1.29 is 9.59 Å². The largest absolute Gasteiger partial charge is 0.383 e. The summed E-state index contributed by atoms with van der Waals surface area (Å²) in [6, 6.07) is 4.11. The molecule has 0 radical (unpaired) electrons. The second-order valence-electron chi connectivity index (χ2n) is 10.1. The van der Waals surface area contributed by atoms with Gasteiger partial charge in [0.15, 0.2) is 22.5 Å². The molecule has 39 heavy (non-hydrogen) atoms. The van der Waals surface area contributed by atoms with Crippen molar-refractivity contribution in [2.75, 3.05) is 61.8 Å². The molecule has 12 nitrogen and oxygen atoms in total. The summed E-state index contributed by atoms with van der Waals surface area (Å²) in [5.74, 6) is 0.650. The molecular formula is C25H34Cl2N10O2. The highest BCUT2D eigenvalue weighted by atomic mass is 35.5. The third-order valence-electron chi connectivity index (χ3n) is 7.68. The quantitative estimate of drug-likeness (QED) is 0.393. The highest BCUT2D eigenvalue weighted by molar-refractivity contribution is 6.32. The number of urea groups is 1. The van der Waals surface area contributed by atoms with Crippen molar-refractivity contribution in [1.29, 1.82) is 0 Å². The lowest BCUT2D eigenvalue weighted by molar-refractivity contribution is 0.0611. The molecule has 2 aromatic heterocycles. The zero-order valence-electron chi connectivity index (χ0n) is 21.9. The first-order valence-electron chi connectivity index (χ1n) is 13.4. The van der Waals surface area contributed by atoms with Gasteiger partial charge in [-0.2, -0.15) is 0 Å². The van der Waals surface area contributed by atoms with Crippen molar-refractivity contribution in [3.05, 3.63) is 33.7 Å². The van der Waals surface area contributed by atoms with E-state index in [0.717, 1.165) is 64.1 Å². The Morgan fingerprint density at radius 3 is 2.54 bits per heavy atom. The van der Waals surface area contributed by atoms with Gasteiger partial charge in [-0.25, -0.2) is 19.7 Å². The van der Waals surface area contributed by atoms with E-state index in [-0.39, 0.29) is 23.2 Å². The molecule has 3 aliphatic rings. The van der Waals surface area contributed by atoms with Crippen LogP contribution in [0.3, 0.4) is 0 Å². The predicted octanol–water partition coefficient (Wildman–Crippen LogP) is 2.19. The van der Waals surface area contributed by atoms with E-state index in [0.29, 0.717) is 35.4 Å². The number of pyridine rings is 1. The van der Waals surface area contributed by atoms with Crippen LogP contribution in [0.15, 0.2) is 12.1 Å². The third kappa shape index (κ3) is 6.29. The number of nitrogens with zero attached hydrogens (tertiary/aromatic N) is 6. The number of nitrogen functional groups attached to an aromatic ring is 1. The van der Waals surface area contributed by atoms with Gasteiger partial charge in [-0.05, 0) is 38.4 Å². The molecular weight excluding hydrogens is 543 g/mol. The first-order valence-corrected chi connectivity index (χ1v) is 14.1. The first-order chi connectivity index (χ1) is 18.8. The van der Waals surface area contributed by atoms with Crippen molar-refractivity contribution >= 4 is 52.6 Å². The lowest BCUT2D eigenvalue weighted by Crippen LogP contribution is -2.58. The van der Waals surface area contributed by atoms with Crippen molar-refractivity contribution in [2.24, 2.45) is 0 Å². The van der Waals surface area contributed by atoms with Gasteiger partial charge in [0, 0.05) is 56.9 Å². The fourth-order valence-electron chi connectivity index (χ4n) is 5.61. The van der Waals surface area contributed by atoms with Crippen LogP contribution < -0.4 is 26.6 Å². The van der Waals surface area contributed by atoms with Crippen LogP contribution in [0.5, 0.6) is 0 Å². The Morgan fingerprint density at radius 1 is 1.03 bits per heavy atom. The Balaban J connectivity index is 1.24. The number of nitrogens with two attached hydrogens (primary N) is 1. The number of rotatable bonds is 5. The summed E-state index contributed by atoms with van der Waals surface area (Å²) in [4.78, 5) is 45.0. The average Bonchev–Trinajstić information content (AvgIpc) is 2.99. The maximum Gasteiger partial charge on any atom is 0.320 e. The summed E-state index contributed by atoms with van der Waals surface area (Å²) < 4.78 is 0. The standard InChI is InChI=1S/C25H34Cl2N10O2/c1-2-16-14-36(23-20(27)32-19-22(33-23)34-25(39)30-8-7-29-24(19)38)11-12-37(16)17-5-9-35(10-6-17)13-15-3-4-18(26)31-21(15)28/h3-4,16-17H,2,5-14H2,1H3,(H2,28,31)(H,29,38)(H2,30,33,34,39)/t16-/m0/s1. The number of carbonyl (C=O) groups is 2. The monoisotopic (exact) mass is 576 g/mol. The number of piperazine rings is 1. The van der Waals surface area contributed by atoms with Crippen LogP contribution in [0.1, 0.15) is 42.2 Å². The number of nitrogens with one attached hydrogen (secondary N) is 3. The van der Waals surface area contributed by atoms with Gasteiger partial charge < -0.3 is 21.3 Å². The number of halogens is 2. The SMILES string of the molecule is CC[C@H]1CN(c2nc3c(nc2Cl)C(=O)NCCNC(=O)N3)CCN1C1CCN(Cc2ccc(Cl)nc2N)CC1. The number of hydrogen-bond donors (Lipinski definition) is 4. The summed E-state index contributed by atoms with van der Waals surface area (Å²) in [5.41, 5.74) is 7.08. The van der Waals surface area contributed by atoms with E-state index < -0.39 is 11.9 Å². The van der Waals surface area contributed by atoms with Crippen LogP contribution in [-0.4, -0.2) is 94.6 Å². The fourth-order valence-corrected chi connectivity index (χ4v) is 6.01. The van der Waals surface area contributed by atoms with Gasteiger partial charge in [0.05, 0.1) is 0 Å². The molecule has 0 bridgehead atoms. The second kappa shape index (κ2) is 12.1. The molecule has 0 unspecified atom stereocenters. The number of amides is 3. The molecule has 5 N–H and O–H groups in total. The molecule has 0 spiro atoms. The Morgan fingerprint density at radius 2 is 1.79 bits per heavy atom. The molecule has 3 aliphatic heterocycles. The van der Waals surface area contributed by atoms with E-state index in [2.05, 4.69) is 52.5 Å². The van der Waals surface area contributed by atoms with E-state index in [1.807, 2.05) is 6.07 Å². The molecule has 2 fully saturated rings. The number of piperidine rings is 1. The molecule has 14 heteroatoms. The summed E-state index contributed by atoms with van der Waals surface area (Å²) in [6.45, 7) is 7.84. The minimum atomic E-state index is -0.437. The zero-order valence-corrected chi connectivity index (χ0v) is 23.4. The number of likely N-dealkylation sites (tertiary alicyclic amines) is 1. The smallest absolute Gasteiger partial charge is 0.320 e. The van der Waals surface area contributed by atoms with Gasteiger partial charge in [-0.1, -0.05) is 36.2 Å². The Kier molecular flexibility index (Phi) is 8.55. The molecule has 1 atom stereocenters. The highest BCUT2D eigenvalue weighted by Crippen LogP contribution is 2.31. The van der Waals surface area contributed by atoms with Gasteiger partial charge in [0.25, 0.3) is 5.91 Å². The van der Waals surface area contributed by atoms with Crippen molar-refractivity contribution in [2.45, 2.75) is 44.8 Å². The molecule has 3 amide bonds. The second-order valence-corrected chi connectivity index (χ2v) is 10.8. The topological polar surface area (TPSA) is 145 Å². The molecule has 0 saturated carbocycles. The van der Waals surface area contributed by atoms with Crippen LogP contribution in [0.2, 0.25) is 10.3 Å². The summed E-state index contributed by atoms with van der Waals surface area (Å²) >= 11 is 12.5. The molecule has 2 aromatic rings. The minimum Gasteiger partial charge on any atom is -0.383 e. The number of hydrogen-bond acceptors (Lipinski definition) is 9. The van der Waals surface area contributed by atoms with Gasteiger partial charge in [-0.15, -0.1) is 0 Å². The van der Waals surface area contributed by atoms with Crippen molar-refractivity contribution in [3.63, 3.8) is 0 Å². The van der Waals surface area contributed by atoms with E-state index in [1.165, 1.54) is 0 Å². The Hall–Kier alpha value is -2.93. The van der Waals surface area contributed by atoms with Crippen molar-refractivity contribution in [3.8, 4) is 0 Å². The van der Waals surface area contributed by atoms with E-state index in [4.69, 9.17) is 28.9 Å². The van der Waals surface area contributed by atoms with Crippen LogP contribution >= 0.6 is 23.2 Å². The molecule has 0 aliphatic carbocycles. The lowest BCUT2D eigenvalue weighted by atomic mass is 9.98. The van der Waals surface area contributed by atoms with Crippen molar-refractivity contribution in [1.82, 2.24) is 35.4 Å². The molecule has 2 saturated heterocycles. The molecule has 5 rings (SSSR count). The van der Waals surface area contributed by atoms with E-state index >= 15 is 0 Å². The highest BCUT2D eigenvalue weighted by Gasteiger charge is 2.35. The van der Waals surface area contributed by atoms with Gasteiger partial charge in [0.1, 0.15) is 11.0 Å². The number of aromatic nitrogens is 3. The van der Waals surface area contributed by atoms with Gasteiger partial charge in [-0.3, -0.25) is 19.9 Å². The Bertz CT molecular complexity index is 1220. The predicted molar refractivity (Wildman–Crippen MR) is 151 cm³/mol. The number of anilines is 3.